The van der Waals surface area contributed by atoms with Gasteiger partial charge in [0, 0.05) is 10.4 Å². The molecule has 2 aromatic carbocycles. The molecule has 0 aliphatic heterocycles. The summed E-state index contributed by atoms with van der Waals surface area (Å²) in [6.45, 7) is 6.68. The van der Waals surface area contributed by atoms with E-state index in [1.165, 1.54) is 27.8 Å². The maximum atomic E-state index is 6.25. The minimum Gasteiger partial charge on any atom is -0.0840 e. The van der Waals surface area contributed by atoms with Crippen LogP contribution >= 0.6 is 11.6 Å². The van der Waals surface area contributed by atoms with E-state index in [0.717, 1.165) is 5.02 Å². The SMILES string of the molecule is Cc1c(Cl)ccc2c1-c1ccccc1C2(C)C. The standard InChI is InChI=1S/C16H15Cl/c1-10-14(17)9-8-13-15(10)11-6-4-5-7-12(11)16(13,2)3/h4-9H,1-3H3. The number of hydrogen-bond donors (Lipinski definition) is 0. The fraction of sp³-hybridized carbons (Fsp3) is 0.250. The third-order valence-electron chi connectivity index (χ3n) is 3.94. The first-order valence-electron chi connectivity index (χ1n) is 5.93. The third-order valence-corrected chi connectivity index (χ3v) is 4.35. The second-order valence-electron chi connectivity index (χ2n) is 5.27. The molecule has 17 heavy (non-hydrogen) atoms. The highest BCUT2D eigenvalue weighted by Gasteiger charge is 2.36. The van der Waals surface area contributed by atoms with Gasteiger partial charge in [0.15, 0.2) is 0 Å². The lowest BCUT2D eigenvalue weighted by Gasteiger charge is -2.21. The lowest BCUT2D eigenvalue weighted by molar-refractivity contribution is 0.660. The van der Waals surface area contributed by atoms with Gasteiger partial charge in [-0.15, -0.1) is 0 Å². The Kier molecular flexibility index (Phi) is 2.15. The Balaban J connectivity index is 2.46. The molecule has 1 aliphatic carbocycles. The highest BCUT2D eigenvalue weighted by molar-refractivity contribution is 6.31. The first-order valence-corrected chi connectivity index (χ1v) is 6.30. The van der Waals surface area contributed by atoms with E-state index in [9.17, 15) is 0 Å². The van der Waals surface area contributed by atoms with Gasteiger partial charge in [0.2, 0.25) is 0 Å². The number of rotatable bonds is 0. The molecule has 2 aromatic rings. The minimum atomic E-state index is 0.0846. The second-order valence-corrected chi connectivity index (χ2v) is 5.67. The smallest absolute Gasteiger partial charge is 0.0441 e. The van der Waals surface area contributed by atoms with Gasteiger partial charge in [-0.2, -0.15) is 0 Å². The molecule has 0 fully saturated rings. The summed E-state index contributed by atoms with van der Waals surface area (Å²) in [6.07, 6.45) is 0. The number of fused-ring (bicyclic) bond motifs is 3. The van der Waals surface area contributed by atoms with Crippen molar-refractivity contribution in [3.05, 3.63) is 58.1 Å². The zero-order valence-electron chi connectivity index (χ0n) is 10.3. The average molecular weight is 243 g/mol. The molecule has 3 rings (SSSR count). The average Bonchev–Trinajstić information content (AvgIpc) is 2.54. The predicted octanol–water partition coefficient (Wildman–Crippen LogP) is 4.95. The van der Waals surface area contributed by atoms with E-state index >= 15 is 0 Å². The van der Waals surface area contributed by atoms with Crippen molar-refractivity contribution in [1.82, 2.24) is 0 Å². The first kappa shape index (κ1) is 10.9. The molecule has 0 unspecified atom stereocenters. The molecule has 86 valence electrons. The Hall–Kier alpha value is -1.27. The molecular formula is C16H15Cl. The molecule has 0 radical (unpaired) electrons. The largest absolute Gasteiger partial charge is 0.0840 e. The summed E-state index contributed by atoms with van der Waals surface area (Å²) in [4.78, 5) is 0. The highest BCUT2D eigenvalue weighted by atomic mass is 35.5. The van der Waals surface area contributed by atoms with Crippen LogP contribution in [0.3, 0.4) is 0 Å². The van der Waals surface area contributed by atoms with Gasteiger partial charge < -0.3 is 0 Å². The second kappa shape index (κ2) is 3.36. The monoisotopic (exact) mass is 242 g/mol. The van der Waals surface area contributed by atoms with Gasteiger partial charge in [0.1, 0.15) is 0 Å². The lowest BCUT2D eigenvalue weighted by Crippen LogP contribution is -2.14. The van der Waals surface area contributed by atoms with E-state index < -0.39 is 0 Å². The summed E-state index contributed by atoms with van der Waals surface area (Å²) in [6, 6.07) is 12.8. The Morgan fingerprint density at radius 1 is 0.941 bits per heavy atom. The normalized spacial score (nSPS) is 15.5. The van der Waals surface area contributed by atoms with Crippen molar-refractivity contribution in [2.75, 3.05) is 0 Å². The molecular weight excluding hydrogens is 228 g/mol. The van der Waals surface area contributed by atoms with E-state index in [2.05, 4.69) is 51.1 Å². The Morgan fingerprint density at radius 2 is 1.65 bits per heavy atom. The summed E-state index contributed by atoms with van der Waals surface area (Å²) in [5.41, 5.74) is 6.75. The van der Waals surface area contributed by atoms with Gasteiger partial charge >= 0.3 is 0 Å². The van der Waals surface area contributed by atoms with Crippen molar-refractivity contribution < 1.29 is 0 Å². The topological polar surface area (TPSA) is 0 Å². The molecule has 0 spiro atoms. The van der Waals surface area contributed by atoms with Gasteiger partial charge in [-0.1, -0.05) is 55.8 Å². The molecule has 0 nitrogen and oxygen atoms in total. The van der Waals surface area contributed by atoms with E-state index in [-0.39, 0.29) is 5.41 Å². The maximum absolute atomic E-state index is 6.25. The summed E-state index contributed by atoms with van der Waals surface area (Å²) >= 11 is 6.25. The lowest BCUT2D eigenvalue weighted by atomic mass is 9.82. The van der Waals surface area contributed by atoms with Crippen molar-refractivity contribution in [1.29, 1.82) is 0 Å². The molecule has 1 heteroatoms. The van der Waals surface area contributed by atoms with Crippen LogP contribution in [0.25, 0.3) is 11.1 Å². The minimum absolute atomic E-state index is 0.0846. The van der Waals surface area contributed by atoms with Crippen LogP contribution in [0.5, 0.6) is 0 Å². The fourth-order valence-electron chi connectivity index (χ4n) is 2.95. The molecule has 0 N–H and O–H groups in total. The predicted molar refractivity (Wildman–Crippen MR) is 73.8 cm³/mol. The molecule has 0 saturated carbocycles. The van der Waals surface area contributed by atoms with Crippen molar-refractivity contribution in [2.45, 2.75) is 26.2 Å². The van der Waals surface area contributed by atoms with Gasteiger partial charge in [0.05, 0.1) is 0 Å². The van der Waals surface area contributed by atoms with Crippen LogP contribution in [0.4, 0.5) is 0 Å². The number of hydrogen-bond acceptors (Lipinski definition) is 0. The van der Waals surface area contributed by atoms with E-state index in [1.54, 1.807) is 0 Å². The zero-order valence-corrected chi connectivity index (χ0v) is 11.1. The van der Waals surface area contributed by atoms with Crippen molar-refractivity contribution >= 4 is 11.6 Å². The molecule has 0 aromatic heterocycles. The molecule has 0 saturated heterocycles. The van der Waals surface area contributed by atoms with Crippen LogP contribution in [-0.2, 0) is 5.41 Å². The van der Waals surface area contributed by atoms with Gasteiger partial charge in [-0.25, -0.2) is 0 Å². The number of benzene rings is 2. The Bertz CT molecular complexity index is 609. The Morgan fingerprint density at radius 3 is 2.41 bits per heavy atom. The fourth-order valence-corrected chi connectivity index (χ4v) is 3.10. The Labute approximate surface area is 107 Å². The summed E-state index contributed by atoms with van der Waals surface area (Å²) in [5.74, 6) is 0. The van der Waals surface area contributed by atoms with Crippen LogP contribution < -0.4 is 0 Å². The van der Waals surface area contributed by atoms with Crippen LogP contribution in [0.15, 0.2) is 36.4 Å². The quantitative estimate of drug-likeness (QED) is 0.613. The molecule has 1 aliphatic rings. The summed E-state index contributed by atoms with van der Waals surface area (Å²) in [7, 11) is 0. The van der Waals surface area contributed by atoms with Gasteiger partial charge in [-0.05, 0) is 40.8 Å². The summed E-state index contributed by atoms with van der Waals surface area (Å²) in [5, 5.41) is 0.858. The first-order chi connectivity index (χ1) is 8.03. The van der Waals surface area contributed by atoms with Crippen LogP contribution in [0, 0.1) is 6.92 Å². The van der Waals surface area contributed by atoms with Crippen LogP contribution in [-0.4, -0.2) is 0 Å². The number of halogens is 1. The zero-order chi connectivity index (χ0) is 12.2. The maximum Gasteiger partial charge on any atom is 0.0441 e. The van der Waals surface area contributed by atoms with Crippen molar-refractivity contribution in [3.8, 4) is 11.1 Å². The van der Waals surface area contributed by atoms with Crippen LogP contribution in [0.2, 0.25) is 5.02 Å². The van der Waals surface area contributed by atoms with Gasteiger partial charge in [-0.3, -0.25) is 0 Å². The van der Waals surface area contributed by atoms with Crippen molar-refractivity contribution in [3.63, 3.8) is 0 Å². The van der Waals surface area contributed by atoms with E-state index in [0.29, 0.717) is 0 Å². The molecule has 0 bridgehead atoms. The third kappa shape index (κ3) is 1.31. The molecule has 0 amide bonds. The van der Waals surface area contributed by atoms with Crippen LogP contribution in [0.1, 0.15) is 30.5 Å². The molecule has 0 heterocycles. The van der Waals surface area contributed by atoms with Crippen molar-refractivity contribution in [2.24, 2.45) is 0 Å². The van der Waals surface area contributed by atoms with E-state index in [4.69, 9.17) is 11.6 Å². The molecule has 0 atom stereocenters. The van der Waals surface area contributed by atoms with E-state index in [1.807, 2.05) is 6.07 Å². The highest BCUT2D eigenvalue weighted by Crippen LogP contribution is 2.50. The van der Waals surface area contributed by atoms with Gasteiger partial charge in [0.25, 0.3) is 0 Å². The summed E-state index contributed by atoms with van der Waals surface area (Å²) < 4.78 is 0.